The van der Waals surface area contributed by atoms with Gasteiger partial charge in [0.15, 0.2) is 5.82 Å². The topological polar surface area (TPSA) is 64.5 Å². The van der Waals surface area contributed by atoms with Crippen LogP contribution in [0.5, 0.6) is 0 Å². The average Bonchev–Trinajstić information content (AvgIpc) is 3.24. The van der Waals surface area contributed by atoms with Gasteiger partial charge in [-0.05, 0) is 65.1 Å². The molecule has 0 aliphatic carbocycles. The molecule has 0 unspecified atom stereocenters. The van der Waals surface area contributed by atoms with E-state index in [0.717, 1.165) is 84.4 Å². The van der Waals surface area contributed by atoms with Gasteiger partial charge in [0.1, 0.15) is 0 Å². The standard InChI is InChI=1S/C47H33N5/c1-2-39-28-41(32-11-5-3-6-12-32)40-24-22-34-23-25-42(50-45(34)46(40)49-39)37-16-9-15-36(27-37)31-18-20-35(21-19-31)47-51-43(33-13-7-4-8-14-33)29-44(52-47)38-17-10-26-48-30-38/h3-30H,2H2,1H3. The third kappa shape index (κ3) is 5.99. The molecule has 4 aromatic heterocycles. The molecule has 0 radical (unpaired) electrons. The molecule has 0 fully saturated rings. The SMILES string of the molecule is CCc1cc(-c2ccccc2)c2ccc3ccc(-c4cccc(-c5ccc(-c6nc(-c7ccccc7)cc(-c7cccnc7)n6)cc5)c4)nc3c2n1. The zero-order valence-electron chi connectivity index (χ0n) is 28.6. The lowest BCUT2D eigenvalue weighted by molar-refractivity contribution is 1.06. The van der Waals surface area contributed by atoms with Crippen molar-refractivity contribution in [3.8, 4) is 67.4 Å². The summed E-state index contributed by atoms with van der Waals surface area (Å²) in [6.07, 6.45) is 4.46. The van der Waals surface area contributed by atoms with E-state index in [2.05, 4.69) is 133 Å². The van der Waals surface area contributed by atoms with Gasteiger partial charge >= 0.3 is 0 Å². The molecule has 0 aliphatic rings. The third-order valence-corrected chi connectivity index (χ3v) is 9.53. The van der Waals surface area contributed by atoms with E-state index < -0.39 is 0 Å². The molecule has 52 heavy (non-hydrogen) atoms. The summed E-state index contributed by atoms with van der Waals surface area (Å²) < 4.78 is 0. The van der Waals surface area contributed by atoms with Crippen LogP contribution < -0.4 is 0 Å². The summed E-state index contributed by atoms with van der Waals surface area (Å²) in [4.78, 5) is 24.6. The largest absolute Gasteiger partial charge is 0.264 e. The van der Waals surface area contributed by atoms with Gasteiger partial charge in [0.25, 0.3) is 0 Å². The minimum Gasteiger partial charge on any atom is -0.264 e. The van der Waals surface area contributed by atoms with Crippen molar-refractivity contribution in [3.63, 3.8) is 0 Å². The maximum absolute atomic E-state index is 5.26. The van der Waals surface area contributed by atoms with Crippen molar-refractivity contribution >= 4 is 21.8 Å². The second-order valence-corrected chi connectivity index (χ2v) is 12.8. The monoisotopic (exact) mass is 667 g/mol. The molecule has 0 spiro atoms. The molecule has 5 aromatic carbocycles. The molecule has 0 N–H and O–H groups in total. The van der Waals surface area contributed by atoms with Crippen molar-refractivity contribution in [1.82, 2.24) is 24.9 Å². The Balaban J connectivity index is 1.08. The maximum atomic E-state index is 5.26. The minimum atomic E-state index is 0.670. The third-order valence-electron chi connectivity index (χ3n) is 9.53. The molecule has 246 valence electrons. The number of aryl methyl sites for hydroxylation is 1. The van der Waals surface area contributed by atoms with Gasteiger partial charge in [0, 0.05) is 51.1 Å². The van der Waals surface area contributed by atoms with Crippen LogP contribution in [-0.2, 0) is 6.42 Å². The summed E-state index contributed by atoms with van der Waals surface area (Å²) >= 11 is 0. The molecule has 9 aromatic rings. The van der Waals surface area contributed by atoms with Gasteiger partial charge in [-0.1, -0.05) is 128 Å². The van der Waals surface area contributed by atoms with E-state index in [0.29, 0.717) is 5.82 Å². The maximum Gasteiger partial charge on any atom is 0.160 e. The van der Waals surface area contributed by atoms with E-state index in [1.54, 1.807) is 6.20 Å². The Morgan fingerprint density at radius 3 is 1.85 bits per heavy atom. The second-order valence-electron chi connectivity index (χ2n) is 12.8. The molecule has 0 amide bonds. The van der Waals surface area contributed by atoms with Crippen molar-refractivity contribution in [2.75, 3.05) is 0 Å². The smallest absolute Gasteiger partial charge is 0.160 e. The van der Waals surface area contributed by atoms with Gasteiger partial charge in [-0.15, -0.1) is 0 Å². The quantitative estimate of drug-likeness (QED) is 0.158. The van der Waals surface area contributed by atoms with E-state index in [1.807, 2.05) is 42.6 Å². The van der Waals surface area contributed by atoms with Gasteiger partial charge in [-0.2, -0.15) is 0 Å². The highest BCUT2D eigenvalue weighted by atomic mass is 14.9. The Kier molecular flexibility index (Phi) is 8.06. The van der Waals surface area contributed by atoms with Crippen LogP contribution in [0.15, 0.2) is 170 Å². The minimum absolute atomic E-state index is 0.670. The van der Waals surface area contributed by atoms with E-state index >= 15 is 0 Å². The predicted molar refractivity (Wildman–Crippen MR) is 212 cm³/mol. The van der Waals surface area contributed by atoms with Crippen molar-refractivity contribution in [1.29, 1.82) is 0 Å². The Labute approximate surface area is 302 Å². The molecule has 5 nitrogen and oxygen atoms in total. The van der Waals surface area contributed by atoms with Crippen molar-refractivity contribution < 1.29 is 0 Å². The fraction of sp³-hybridized carbons (Fsp3) is 0.0426. The fourth-order valence-corrected chi connectivity index (χ4v) is 6.79. The van der Waals surface area contributed by atoms with Crippen LogP contribution in [0.1, 0.15) is 12.6 Å². The molecule has 0 atom stereocenters. The fourth-order valence-electron chi connectivity index (χ4n) is 6.79. The number of pyridine rings is 3. The van der Waals surface area contributed by atoms with Gasteiger partial charge in [0.2, 0.25) is 0 Å². The molecular weight excluding hydrogens is 635 g/mol. The Morgan fingerprint density at radius 1 is 0.423 bits per heavy atom. The van der Waals surface area contributed by atoms with E-state index in [-0.39, 0.29) is 0 Å². The van der Waals surface area contributed by atoms with Crippen molar-refractivity contribution in [2.45, 2.75) is 13.3 Å². The Bertz CT molecular complexity index is 2630. The molecule has 0 saturated carbocycles. The predicted octanol–water partition coefficient (Wildman–Crippen LogP) is 11.5. The van der Waals surface area contributed by atoms with Crippen LogP contribution >= 0.6 is 0 Å². The molecule has 4 heterocycles. The van der Waals surface area contributed by atoms with Crippen LogP contribution in [0.3, 0.4) is 0 Å². The van der Waals surface area contributed by atoms with Crippen LogP contribution in [0.4, 0.5) is 0 Å². The van der Waals surface area contributed by atoms with E-state index in [4.69, 9.17) is 19.9 Å². The van der Waals surface area contributed by atoms with Gasteiger partial charge in [-0.25, -0.2) is 15.0 Å². The van der Waals surface area contributed by atoms with Crippen molar-refractivity contribution in [2.24, 2.45) is 0 Å². The number of aromatic nitrogens is 5. The first-order valence-electron chi connectivity index (χ1n) is 17.6. The highest BCUT2D eigenvalue weighted by molar-refractivity contribution is 6.08. The van der Waals surface area contributed by atoms with Gasteiger partial charge in [-0.3, -0.25) is 9.97 Å². The molecular formula is C47H33N5. The zero-order valence-corrected chi connectivity index (χ0v) is 28.6. The summed E-state index contributed by atoms with van der Waals surface area (Å²) in [7, 11) is 0. The number of hydrogen-bond donors (Lipinski definition) is 0. The van der Waals surface area contributed by atoms with Crippen LogP contribution in [0.25, 0.3) is 89.2 Å². The highest BCUT2D eigenvalue weighted by Crippen LogP contribution is 2.35. The Morgan fingerprint density at radius 2 is 1.10 bits per heavy atom. The first-order valence-corrected chi connectivity index (χ1v) is 17.6. The highest BCUT2D eigenvalue weighted by Gasteiger charge is 2.14. The molecule has 0 bridgehead atoms. The van der Waals surface area contributed by atoms with Gasteiger partial charge in [0.05, 0.1) is 28.1 Å². The molecule has 9 rings (SSSR count). The molecule has 0 aliphatic heterocycles. The van der Waals surface area contributed by atoms with Crippen molar-refractivity contribution in [3.05, 3.63) is 176 Å². The number of benzene rings is 5. The first-order chi connectivity index (χ1) is 25.7. The molecule has 5 heteroatoms. The number of hydrogen-bond acceptors (Lipinski definition) is 5. The van der Waals surface area contributed by atoms with Crippen LogP contribution in [-0.4, -0.2) is 24.9 Å². The zero-order chi connectivity index (χ0) is 34.9. The Hall–Kier alpha value is -6.85. The van der Waals surface area contributed by atoms with Gasteiger partial charge < -0.3 is 0 Å². The summed E-state index contributed by atoms with van der Waals surface area (Å²) in [5, 5.41) is 2.19. The normalized spacial score (nSPS) is 11.2. The van der Waals surface area contributed by atoms with E-state index in [9.17, 15) is 0 Å². The lowest BCUT2D eigenvalue weighted by Crippen LogP contribution is -1.96. The van der Waals surface area contributed by atoms with E-state index in [1.165, 1.54) is 11.1 Å². The molecule has 0 saturated heterocycles. The lowest BCUT2D eigenvalue weighted by atomic mass is 9.97. The number of rotatable bonds is 7. The average molecular weight is 668 g/mol. The summed E-state index contributed by atoms with van der Waals surface area (Å²) in [5.74, 6) is 0.670. The summed E-state index contributed by atoms with van der Waals surface area (Å²) in [6, 6.07) is 54.6. The van der Waals surface area contributed by atoms with Crippen LogP contribution in [0, 0.1) is 0 Å². The summed E-state index contributed by atoms with van der Waals surface area (Å²) in [5.41, 5.74) is 14.1. The first kappa shape index (κ1) is 31.2. The summed E-state index contributed by atoms with van der Waals surface area (Å²) in [6.45, 7) is 2.15. The van der Waals surface area contributed by atoms with Crippen LogP contribution in [0.2, 0.25) is 0 Å². The number of nitrogens with zero attached hydrogens (tertiary/aromatic N) is 5. The lowest BCUT2D eigenvalue weighted by Gasteiger charge is -2.12. The second kappa shape index (κ2) is 13.5. The number of fused-ring (bicyclic) bond motifs is 3.